The quantitative estimate of drug-likeness (QED) is 0.420. The van der Waals surface area contributed by atoms with Gasteiger partial charge in [-0.05, 0) is 6.92 Å². The van der Waals surface area contributed by atoms with E-state index in [9.17, 15) is 9.59 Å². The van der Waals surface area contributed by atoms with Crippen LogP contribution in [0, 0.1) is 0 Å². The SMILES string of the molecule is CCOC(=O)C[B-](c1n(C)cc[n+]1C)C(C(=O)OC)c1ccccc1. The highest BCUT2D eigenvalue weighted by atomic mass is 16.5. The minimum absolute atomic E-state index is 0.0915. The molecule has 0 fully saturated rings. The molecular weight excluding hydrogens is 319 g/mol. The molecule has 133 valence electrons. The van der Waals surface area contributed by atoms with Crippen LogP contribution in [0.3, 0.4) is 0 Å². The zero-order valence-electron chi connectivity index (χ0n) is 15.1. The van der Waals surface area contributed by atoms with Crippen molar-refractivity contribution in [2.45, 2.75) is 19.1 Å². The Labute approximate surface area is 148 Å². The number of imidazole rings is 1. The second-order valence-corrected chi connectivity index (χ2v) is 5.91. The molecule has 0 bridgehead atoms. The van der Waals surface area contributed by atoms with Gasteiger partial charge in [-0.1, -0.05) is 48.0 Å². The van der Waals surface area contributed by atoms with Crippen molar-refractivity contribution in [3.05, 3.63) is 48.3 Å². The van der Waals surface area contributed by atoms with Gasteiger partial charge in [0.15, 0.2) is 0 Å². The van der Waals surface area contributed by atoms with E-state index in [2.05, 4.69) is 0 Å². The van der Waals surface area contributed by atoms with Crippen molar-refractivity contribution in [1.29, 1.82) is 0 Å². The highest BCUT2D eigenvalue weighted by Gasteiger charge is 2.31. The number of nitrogens with zero attached hydrogens (tertiary/aromatic N) is 2. The summed E-state index contributed by atoms with van der Waals surface area (Å²) in [5.41, 5.74) is 1.66. The van der Waals surface area contributed by atoms with Crippen LogP contribution in [0.1, 0.15) is 18.3 Å². The molecule has 0 saturated carbocycles. The Morgan fingerprint density at radius 2 is 1.96 bits per heavy atom. The Kier molecular flexibility index (Phi) is 6.39. The number of rotatable bonds is 7. The van der Waals surface area contributed by atoms with Gasteiger partial charge >= 0.3 is 0 Å². The number of esters is 2. The maximum Gasteiger partial charge on any atom is 0.275 e. The minimum Gasteiger partial charge on any atom is -0.471 e. The Hall–Kier alpha value is -2.57. The molecule has 0 amide bonds. The summed E-state index contributed by atoms with van der Waals surface area (Å²) in [5, 5.41) is 0. The van der Waals surface area contributed by atoms with Gasteiger partial charge in [-0.15, -0.1) is 0 Å². The number of ether oxygens (including phenoxy) is 2. The molecule has 1 radical (unpaired) electrons. The standard InChI is InChI=1S/C18H24BN2O4/c1-5-25-15(22)13-19(18-20(2)11-12-21(18)3)16(17(23)24-4)14-9-7-6-8-10-14/h6-12,16H,5,13H2,1-4H3. The van der Waals surface area contributed by atoms with Gasteiger partial charge in [0.25, 0.3) is 11.9 Å². The van der Waals surface area contributed by atoms with Crippen molar-refractivity contribution < 1.29 is 23.6 Å². The van der Waals surface area contributed by atoms with Crippen LogP contribution in [-0.4, -0.2) is 36.9 Å². The van der Waals surface area contributed by atoms with Gasteiger partial charge in [-0.2, -0.15) is 0 Å². The Bertz CT molecular complexity index is 710. The number of hydrogen-bond donors (Lipinski definition) is 0. The summed E-state index contributed by atoms with van der Waals surface area (Å²) in [6.45, 7) is 1.67. The van der Waals surface area contributed by atoms with Crippen LogP contribution in [0.15, 0.2) is 42.7 Å². The van der Waals surface area contributed by atoms with Crippen LogP contribution >= 0.6 is 0 Å². The van der Waals surface area contributed by atoms with Gasteiger partial charge in [0.05, 0.1) is 27.8 Å². The van der Waals surface area contributed by atoms with E-state index in [1.807, 2.05) is 66.0 Å². The Balaban J connectivity index is 2.53. The molecule has 0 aliphatic carbocycles. The molecule has 0 aliphatic heterocycles. The molecule has 2 aromatic rings. The highest BCUT2D eigenvalue weighted by molar-refractivity contribution is 6.77. The zero-order chi connectivity index (χ0) is 18.4. The van der Waals surface area contributed by atoms with Gasteiger partial charge in [-0.25, -0.2) is 0 Å². The van der Waals surface area contributed by atoms with Crippen LogP contribution in [0.4, 0.5) is 0 Å². The molecule has 2 rings (SSSR count). The molecule has 1 aromatic heterocycles. The molecule has 6 nitrogen and oxygen atoms in total. The summed E-state index contributed by atoms with van der Waals surface area (Å²) in [6.07, 6.45) is 3.88. The van der Waals surface area contributed by atoms with E-state index >= 15 is 0 Å². The largest absolute Gasteiger partial charge is 0.471 e. The maximum atomic E-state index is 12.6. The van der Waals surface area contributed by atoms with Gasteiger partial charge in [-0.3, -0.25) is 18.7 Å². The predicted molar refractivity (Wildman–Crippen MR) is 94.6 cm³/mol. The number of aryl methyl sites for hydroxylation is 2. The van der Waals surface area contributed by atoms with Crippen molar-refractivity contribution in [3.63, 3.8) is 0 Å². The zero-order valence-corrected chi connectivity index (χ0v) is 15.1. The number of benzene rings is 1. The summed E-state index contributed by atoms with van der Waals surface area (Å²) >= 11 is 0. The third kappa shape index (κ3) is 4.29. The lowest BCUT2D eigenvalue weighted by Gasteiger charge is -2.31. The number of methoxy groups -OCH3 is 1. The average Bonchev–Trinajstić information content (AvgIpc) is 2.93. The lowest BCUT2D eigenvalue weighted by atomic mass is 9.36. The topological polar surface area (TPSA) is 61.4 Å². The number of aromatic nitrogens is 2. The smallest absolute Gasteiger partial charge is 0.275 e. The van der Waals surface area contributed by atoms with E-state index in [0.717, 1.165) is 11.3 Å². The highest BCUT2D eigenvalue weighted by Crippen LogP contribution is 2.23. The molecule has 1 atom stereocenters. The van der Waals surface area contributed by atoms with Crippen LogP contribution in [0.25, 0.3) is 0 Å². The third-order valence-electron chi connectivity index (χ3n) is 4.28. The molecule has 25 heavy (non-hydrogen) atoms. The van der Waals surface area contributed by atoms with Crippen LogP contribution in [0.5, 0.6) is 0 Å². The maximum absolute atomic E-state index is 12.6. The van der Waals surface area contributed by atoms with Crippen LogP contribution in [0.2, 0.25) is 6.32 Å². The predicted octanol–water partition coefficient (Wildman–Crippen LogP) is 0.611. The van der Waals surface area contributed by atoms with Crippen molar-refractivity contribution in [2.24, 2.45) is 14.1 Å². The van der Waals surface area contributed by atoms with Crippen molar-refractivity contribution in [1.82, 2.24) is 4.57 Å². The first-order valence-corrected chi connectivity index (χ1v) is 8.28. The molecule has 1 unspecified atom stereocenters. The lowest BCUT2D eigenvalue weighted by molar-refractivity contribution is -0.653. The second-order valence-electron chi connectivity index (χ2n) is 5.91. The summed E-state index contributed by atoms with van der Waals surface area (Å²) < 4.78 is 14.0. The Morgan fingerprint density at radius 3 is 2.48 bits per heavy atom. The fourth-order valence-corrected chi connectivity index (χ4v) is 3.20. The van der Waals surface area contributed by atoms with E-state index in [1.54, 1.807) is 6.92 Å². The Morgan fingerprint density at radius 1 is 1.28 bits per heavy atom. The molecule has 0 aliphatic rings. The van der Waals surface area contributed by atoms with E-state index in [0.29, 0.717) is 6.61 Å². The fourth-order valence-electron chi connectivity index (χ4n) is 3.20. The van der Waals surface area contributed by atoms with Crippen LogP contribution < -0.4 is 10.3 Å². The summed E-state index contributed by atoms with van der Waals surface area (Å²) in [6, 6.07) is 9.39. The minimum atomic E-state index is -0.601. The fraction of sp³-hybridized carbons (Fsp3) is 0.389. The first kappa shape index (κ1) is 18.8. The molecule has 1 aromatic carbocycles. The summed E-state index contributed by atoms with van der Waals surface area (Å²) in [4.78, 5) is 24.8. The first-order chi connectivity index (χ1) is 12.0. The van der Waals surface area contributed by atoms with Gasteiger partial charge < -0.3 is 9.47 Å². The van der Waals surface area contributed by atoms with E-state index in [1.165, 1.54) is 7.11 Å². The van der Waals surface area contributed by atoms with Crippen molar-refractivity contribution in [3.8, 4) is 0 Å². The van der Waals surface area contributed by atoms with Gasteiger partial charge in [0, 0.05) is 12.4 Å². The van der Waals surface area contributed by atoms with Crippen LogP contribution in [-0.2, 0) is 33.2 Å². The van der Waals surface area contributed by atoms with E-state index in [4.69, 9.17) is 9.47 Å². The lowest BCUT2D eigenvalue weighted by Crippen LogP contribution is -2.59. The number of carbonyl (C=O) groups excluding carboxylic acids is 2. The normalized spacial score (nSPS) is 12.0. The van der Waals surface area contributed by atoms with Gasteiger partial charge in [0.1, 0.15) is 12.4 Å². The average molecular weight is 343 g/mol. The van der Waals surface area contributed by atoms with E-state index < -0.39 is 12.5 Å². The monoisotopic (exact) mass is 343 g/mol. The molecule has 0 saturated heterocycles. The first-order valence-electron chi connectivity index (χ1n) is 8.28. The second kappa shape index (κ2) is 8.51. The van der Waals surface area contributed by atoms with E-state index in [-0.39, 0.29) is 18.3 Å². The van der Waals surface area contributed by atoms with Crippen molar-refractivity contribution in [2.75, 3.05) is 13.7 Å². The molecule has 0 spiro atoms. The third-order valence-corrected chi connectivity index (χ3v) is 4.28. The molecule has 1 heterocycles. The molecule has 7 heteroatoms. The van der Waals surface area contributed by atoms with Crippen molar-refractivity contribution >= 4 is 24.4 Å². The van der Waals surface area contributed by atoms with Gasteiger partial charge in [0.2, 0.25) is 0 Å². The molecule has 0 N–H and O–H groups in total. The number of carbonyl (C=O) groups is 2. The molecular formula is C18H24BN2O4. The number of hydrogen-bond acceptors (Lipinski definition) is 4. The summed E-state index contributed by atoms with van der Waals surface area (Å²) in [5.74, 6) is -1.31. The summed E-state index contributed by atoms with van der Waals surface area (Å²) in [7, 11) is 5.16.